The van der Waals surface area contributed by atoms with Gasteiger partial charge in [-0.1, -0.05) is 36.2 Å². The summed E-state index contributed by atoms with van der Waals surface area (Å²) in [5.41, 5.74) is 0.175. The first kappa shape index (κ1) is 9.53. The lowest BCUT2D eigenvalue weighted by atomic mass is 9.93. The minimum Gasteiger partial charge on any atom is -0.374 e. The summed E-state index contributed by atoms with van der Waals surface area (Å²) in [5.74, 6) is 0.749. The van der Waals surface area contributed by atoms with Crippen LogP contribution in [-0.4, -0.2) is 17.5 Å². The molecule has 1 aliphatic rings. The van der Waals surface area contributed by atoms with Crippen LogP contribution < -0.4 is 0 Å². The summed E-state index contributed by atoms with van der Waals surface area (Å²) in [5, 5.41) is 0.998. The van der Waals surface area contributed by atoms with Crippen molar-refractivity contribution in [2.75, 3.05) is 11.9 Å². The first-order chi connectivity index (χ1) is 5.22. The maximum absolute atomic E-state index is 5.80. The first-order valence-electron chi connectivity index (χ1n) is 4.42. The van der Waals surface area contributed by atoms with Gasteiger partial charge < -0.3 is 4.74 Å². The van der Waals surface area contributed by atoms with Crippen LogP contribution in [0.4, 0.5) is 0 Å². The molecule has 1 fully saturated rings. The SMILES string of the molecule is CCCC1(CBr)CC(C)CO1. The molecule has 0 aliphatic carbocycles. The van der Waals surface area contributed by atoms with E-state index in [-0.39, 0.29) is 5.60 Å². The third-order valence-corrected chi connectivity index (χ3v) is 3.37. The molecular formula is C9H17BrO. The average Bonchev–Trinajstić information content (AvgIpc) is 2.34. The highest BCUT2D eigenvalue weighted by Crippen LogP contribution is 2.35. The summed E-state index contributed by atoms with van der Waals surface area (Å²) in [6.07, 6.45) is 3.65. The zero-order valence-corrected chi connectivity index (χ0v) is 8.99. The van der Waals surface area contributed by atoms with Gasteiger partial charge >= 0.3 is 0 Å². The van der Waals surface area contributed by atoms with Crippen molar-refractivity contribution in [1.29, 1.82) is 0 Å². The van der Waals surface area contributed by atoms with Gasteiger partial charge in [0, 0.05) is 5.33 Å². The van der Waals surface area contributed by atoms with Crippen LogP contribution >= 0.6 is 15.9 Å². The van der Waals surface area contributed by atoms with Gasteiger partial charge in [0.05, 0.1) is 12.2 Å². The molecule has 0 amide bonds. The molecule has 0 N–H and O–H groups in total. The molecule has 0 aromatic carbocycles. The van der Waals surface area contributed by atoms with E-state index in [1.807, 2.05) is 0 Å². The molecule has 0 spiro atoms. The Hall–Kier alpha value is 0.440. The van der Waals surface area contributed by atoms with E-state index in [1.54, 1.807) is 0 Å². The molecule has 11 heavy (non-hydrogen) atoms. The van der Waals surface area contributed by atoms with E-state index < -0.39 is 0 Å². The Morgan fingerprint density at radius 2 is 2.36 bits per heavy atom. The maximum Gasteiger partial charge on any atom is 0.0782 e. The number of hydrogen-bond acceptors (Lipinski definition) is 1. The standard InChI is InChI=1S/C9H17BrO/c1-3-4-9(7-10)5-8(2)6-11-9/h8H,3-7H2,1-2H3. The van der Waals surface area contributed by atoms with E-state index in [0.29, 0.717) is 0 Å². The zero-order valence-electron chi connectivity index (χ0n) is 7.40. The van der Waals surface area contributed by atoms with Crippen molar-refractivity contribution >= 4 is 15.9 Å². The molecule has 0 bridgehead atoms. The van der Waals surface area contributed by atoms with Crippen LogP contribution in [0.3, 0.4) is 0 Å². The summed E-state index contributed by atoms with van der Waals surface area (Å²) in [6, 6.07) is 0. The van der Waals surface area contributed by atoms with E-state index >= 15 is 0 Å². The monoisotopic (exact) mass is 220 g/mol. The van der Waals surface area contributed by atoms with Gasteiger partial charge in [-0.3, -0.25) is 0 Å². The van der Waals surface area contributed by atoms with Crippen LogP contribution in [0.15, 0.2) is 0 Å². The van der Waals surface area contributed by atoms with Gasteiger partial charge in [-0.25, -0.2) is 0 Å². The topological polar surface area (TPSA) is 9.23 Å². The Bertz CT molecular complexity index is 123. The predicted molar refractivity (Wildman–Crippen MR) is 51.2 cm³/mol. The molecule has 1 heterocycles. The highest BCUT2D eigenvalue weighted by atomic mass is 79.9. The lowest BCUT2D eigenvalue weighted by Crippen LogP contribution is -2.29. The van der Waals surface area contributed by atoms with Gasteiger partial charge in [0.25, 0.3) is 0 Å². The fourth-order valence-corrected chi connectivity index (χ4v) is 2.53. The van der Waals surface area contributed by atoms with E-state index in [0.717, 1.165) is 17.9 Å². The van der Waals surface area contributed by atoms with Gasteiger partial charge in [0.1, 0.15) is 0 Å². The minimum atomic E-state index is 0.175. The van der Waals surface area contributed by atoms with E-state index in [9.17, 15) is 0 Å². The lowest BCUT2D eigenvalue weighted by Gasteiger charge is -2.25. The molecule has 2 atom stereocenters. The van der Waals surface area contributed by atoms with Crippen molar-refractivity contribution in [3.8, 4) is 0 Å². The Kier molecular flexibility index (Phi) is 3.38. The number of halogens is 1. The molecule has 1 nitrogen and oxygen atoms in total. The number of ether oxygens (including phenoxy) is 1. The molecule has 2 unspecified atom stereocenters. The quantitative estimate of drug-likeness (QED) is 0.665. The van der Waals surface area contributed by atoms with Crippen molar-refractivity contribution in [3.63, 3.8) is 0 Å². The van der Waals surface area contributed by atoms with Crippen molar-refractivity contribution in [1.82, 2.24) is 0 Å². The molecular weight excluding hydrogens is 204 g/mol. The molecule has 0 aromatic rings. The van der Waals surface area contributed by atoms with Crippen LogP contribution in [0.1, 0.15) is 33.1 Å². The van der Waals surface area contributed by atoms with Crippen molar-refractivity contribution in [2.45, 2.75) is 38.7 Å². The Balaban J connectivity index is 2.48. The third kappa shape index (κ3) is 2.19. The second-order valence-electron chi connectivity index (χ2n) is 3.69. The van der Waals surface area contributed by atoms with Gasteiger partial charge in [0.15, 0.2) is 0 Å². The fourth-order valence-electron chi connectivity index (χ4n) is 1.86. The molecule has 0 aromatic heterocycles. The number of alkyl halides is 1. The lowest BCUT2D eigenvalue weighted by molar-refractivity contribution is 0.0170. The Labute approximate surface area is 77.6 Å². The smallest absolute Gasteiger partial charge is 0.0782 e. The molecule has 1 rings (SSSR count). The molecule has 0 radical (unpaired) electrons. The van der Waals surface area contributed by atoms with E-state index in [4.69, 9.17) is 4.74 Å². The van der Waals surface area contributed by atoms with Crippen molar-refractivity contribution in [3.05, 3.63) is 0 Å². The molecule has 1 saturated heterocycles. The molecule has 2 heteroatoms. The average molecular weight is 221 g/mol. The van der Waals surface area contributed by atoms with Crippen LogP contribution in [-0.2, 0) is 4.74 Å². The van der Waals surface area contributed by atoms with Crippen LogP contribution in [0.2, 0.25) is 0 Å². The second kappa shape index (κ2) is 3.90. The fraction of sp³-hybridized carbons (Fsp3) is 1.00. The van der Waals surface area contributed by atoms with Crippen LogP contribution in [0.25, 0.3) is 0 Å². The van der Waals surface area contributed by atoms with E-state index in [1.165, 1.54) is 19.3 Å². The van der Waals surface area contributed by atoms with Gasteiger partial charge in [0.2, 0.25) is 0 Å². The second-order valence-corrected chi connectivity index (χ2v) is 4.25. The minimum absolute atomic E-state index is 0.175. The molecule has 66 valence electrons. The maximum atomic E-state index is 5.80. The number of rotatable bonds is 3. The van der Waals surface area contributed by atoms with Gasteiger partial charge in [-0.2, -0.15) is 0 Å². The van der Waals surface area contributed by atoms with Crippen molar-refractivity contribution in [2.24, 2.45) is 5.92 Å². The largest absolute Gasteiger partial charge is 0.374 e. The van der Waals surface area contributed by atoms with Crippen molar-refractivity contribution < 1.29 is 4.74 Å². The van der Waals surface area contributed by atoms with E-state index in [2.05, 4.69) is 29.8 Å². The normalized spacial score (nSPS) is 37.9. The third-order valence-electron chi connectivity index (χ3n) is 2.34. The summed E-state index contributed by atoms with van der Waals surface area (Å²) in [6.45, 7) is 5.43. The predicted octanol–water partition coefficient (Wildman–Crippen LogP) is 2.98. The Morgan fingerprint density at radius 1 is 1.64 bits per heavy atom. The summed E-state index contributed by atoms with van der Waals surface area (Å²) in [4.78, 5) is 0. The summed E-state index contributed by atoms with van der Waals surface area (Å²) in [7, 11) is 0. The molecule has 1 aliphatic heterocycles. The van der Waals surface area contributed by atoms with Crippen LogP contribution in [0, 0.1) is 5.92 Å². The zero-order chi connectivity index (χ0) is 8.32. The van der Waals surface area contributed by atoms with Gasteiger partial charge in [-0.05, 0) is 18.8 Å². The van der Waals surface area contributed by atoms with Crippen LogP contribution in [0.5, 0.6) is 0 Å². The first-order valence-corrected chi connectivity index (χ1v) is 5.54. The number of hydrogen-bond donors (Lipinski definition) is 0. The van der Waals surface area contributed by atoms with Gasteiger partial charge in [-0.15, -0.1) is 0 Å². The highest BCUT2D eigenvalue weighted by Gasteiger charge is 2.36. The highest BCUT2D eigenvalue weighted by molar-refractivity contribution is 9.09. The summed E-state index contributed by atoms with van der Waals surface area (Å²) >= 11 is 3.54. The summed E-state index contributed by atoms with van der Waals surface area (Å²) < 4.78 is 5.80. The molecule has 0 saturated carbocycles. The Morgan fingerprint density at radius 3 is 2.73 bits per heavy atom.